The maximum Gasteiger partial charge on any atom is 0.341 e. The molecule has 1 amide bonds. The van der Waals surface area contributed by atoms with E-state index in [1.54, 1.807) is 18.2 Å². The average molecular weight is 508 g/mol. The van der Waals surface area contributed by atoms with Gasteiger partial charge in [-0.25, -0.2) is 9.18 Å². The lowest BCUT2D eigenvalue weighted by Crippen LogP contribution is -2.51. The Bertz CT molecular complexity index is 1230. The minimum Gasteiger partial charge on any atom is -0.482 e. The predicted octanol–water partition coefficient (Wildman–Crippen LogP) is 4.81. The maximum atomic E-state index is 13.6. The molecule has 0 saturated carbocycles. The number of carbonyl (C=O) groups excluding carboxylic acids is 1. The van der Waals surface area contributed by atoms with Crippen LogP contribution in [-0.2, 0) is 14.3 Å². The number of halogens is 1. The van der Waals surface area contributed by atoms with Gasteiger partial charge >= 0.3 is 5.97 Å². The molecule has 7 nitrogen and oxygen atoms in total. The standard InChI is InChI=1S/C29H30FNO6/c1-29(31-27(33)13-14-32)16-25(20-7-10-22(30)11-8-20)37-26(17-29)23-15-21(19-5-3-2-4-6-19)9-12-24(23)36-18-28(34)35/h2-12,15,25-26,32H,13-14,16-18H2,1H3,(H,31,33)(H,34,35)/t25-,26+,29-/m0/s1. The highest BCUT2D eigenvalue weighted by Gasteiger charge is 2.41. The van der Waals surface area contributed by atoms with Crippen LogP contribution in [0.4, 0.5) is 4.39 Å². The van der Waals surface area contributed by atoms with E-state index in [1.165, 1.54) is 12.1 Å². The Balaban J connectivity index is 1.75. The van der Waals surface area contributed by atoms with Crippen LogP contribution in [0, 0.1) is 5.82 Å². The number of rotatable bonds is 9. The zero-order chi connectivity index (χ0) is 26.4. The van der Waals surface area contributed by atoms with Gasteiger partial charge in [-0.3, -0.25) is 4.79 Å². The van der Waals surface area contributed by atoms with Gasteiger partial charge in [-0.1, -0.05) is 48.5 Å². The van der Waals surface area contributed by atoms with E-state index in [9.17, 15) is 24.2 Å². The SMILES string of the molecule is C[C@]1(NC(=O)CCO)C[C@@H](c2ccc(F)cc2)O[C@@H](c2cc(-c3ccccc3)ccc2OCC(=O)O)C1. The van der Waals surface area contributed by atoms with E-state index in [4.69, 9.17) is 9.47 Å². The predicted molar refractivity (Wildman–Crippen MR) is 135 cm³/mol. The Morgan fingerprint density at radius 1 is 1.03 bits per heavy atom. The molecule has 0 bridgehead atoms. The van der Waals surface area contributed by atoms with E-state index in [2.05, 4.69) is 5.32 Å². The van der Waals surface area contributed by atoms with Gasteiger partial charge in [0.25, 0.3) is 0 Å². The fourth-order valence-electron chi connectivity index (χ4n) is 4.74. The summed E-state index contributed by atoms with van der Waals surface area (Å²) in [5.74, 6) is -1.39. The molecule has 1 fully saturated rings. The number of hydrogen-bond acceptors (Lipinski definition) is 5. The van der Waals surface area contributed by atoms with Crippen molar-refractivity contribution in [3.8, 4) is 16.9 Å². The van der Waals surface area contributed by atoms with Crippen molar-refractivity contribution in [3.63, 3.8) is 0 Å². The average Bonchev–Trinajstić information content (AvgIpc) is 2.87. The van der Waals surface area contributed by atoms with E-state index in [-0.39, 0.29) is 24.8 Å². The lowest BCUT2D eigenvalue weighted by atomic mass is 9.80. The molecular weight excluding hydrogens is 477 g/mol. The lowest BCUT2D eigenvalue weighted by Gasteiger charge is -2.43. The topological polar surface area (TPSA) is 105 Å². The number of aliphatic carboxylic acids is 1. The zero-order valence-electron chi connectivity index (χ0n) is 20.5. The second kappa shape index (κ2) is 11.5. The van der Waals surface area contributed by atoms with Gasteiger partial charge < -0.3 is 25.0 Å². The minimum atomic E-state index is -1.10. The fourth-order valence-corrected chi connectivity index (χ4v) is 4.74. The third-order valence-corrected chi connectivity index (χ3v) is 6.44. The first kappa shape index (κ1) is 26.3. The number of amides is 1. The molecule has 37 heavy (non-hydrogen) atoms. The van der Waals surface area contributed by atoms with E-state index in [0.717, 1.165) is 16.7 Å². The number of nitrogens with one attached hydrogen (secondary N) is 1. The van der Waals surface area contributed by atoms with Gasteiger partial charge in [0.1, 0.15) is 11.6 Å². The lowest BCUT2D eigenvalue weighted by molar-refractivity contribution is -0.139. The molecule has 3 N–H and O–H groups in total. The highest BCUT2D eigenvalue weighted by atomic mass is 19.1. The molecule has 194 valence electrons. The first-order valence-electron chi connectivity index (χ1n) is 12.1. The van der Waals surface area contributed by atoms with Gasteiger partial charge in [-0.15, -0.1) is 0 Å². The number of aliphatic hydroxyl groups excluding tert-OH is 1. The van der Waals surface area contributed by atoms with Gasteiger partial charge in [0.15, 0.2) is 6.61 Å². The van der Waals surface area contributed by atoms with Gasteiger partial charge in [-0.05, 0) is 47.9 Å². The third-order valence-electron chi connectivity index (χ3n) is 6.44. The molecule has 0 aromatic heterocycles. The normalized spacial score (nSPS) is 21.3. The first-order valence-corrected chi connectivity index (χ1v) is 12.1. The molecule has 1 aliphatic rings. The van der Waals surface area contributed by atoms with Crippen molar-refractivity contribution in [2.75, 3.05) is 13.2 Å². The van der Waals surface area contributed by atoms with Crippen LogP contribution in [0.3, 0.4) is 0 Å². The van der Waals surface area contributed by atoms with Gasteiger partial charge in [0, 0.05) is 30.4 Å². The van der Waals surface area contributed by atoms with E-state index < -0.39 is 30.3 Å². The Hall–Kier alpha value is -3.75. The van der Waals surface area contributed by atoms with Crippen LogP contribution in [0.1, 0.15) is 49.5 Å². The van der Waals surface area contributed by atoms with Crippen LogP contribution >= 0.6 is 0 Å². The minimum absolute atomic E-state index is 0.0290. The molecule has 4 rings (SSSR count). The third kappa shape index (κ3) is 6.72. The quantitative estimate of drug-likeness (QED) is 0.384. The molecule has 3 atom stereocenters. The van der Waals surface area contributed by atoms with E-state index in [1.807, 2.05) is 49.4 Å². The van der Waals surface area contributed by atoms with Crippen LogP contribution in [0.25, 0.3) is 11.1 Å². The summed E-state index contributed by atoms with van der Waals surface area (Å²) in [6.45, 7) is 1.12. The summed E-state index contributed by atoms with van der Waals surface area (Å²) >= 11 is 0. The number of carbonyl (C=O) groups is 2. The molecule has 1 aliphatic heterocycles. The molecule has 0 aliphatic carbocycles. The van der Waals surface area contributed by atoms with Crippen molar-refractivity contribution >= 4 is 11.9 Å². The fraction of sp³-hybridized carbons (Fsp3) is 0.310. The summed E-state index contributed by atoms with van der Waals surface area (Å²) in [5, 5.41) is 21.5. The molecule has 0 unspecified atom stereocenters. The van der Waals surface area contributed by atoms with Gasteiger partial charge in [0.2, 0.25) is 5.91 Å². The van der Waals surface area contributed by atoms with Crippen molar-refractivity contribution in [2.24, 2.45) is 0 Å². The van der Waals surface area contributed by atoms with Crippen LogP contribution in [0.15, 0.2) is 72.8 Å². The summed E-state index contributed by atoms with van der Waals surface area (Å²) in [6, 6.07) is 21.3. The number of carboxylic acid groups (broad SMARTS) is 1. The van der Waals surface area contributed by atoms with E-state index in [0.29, 0.717) is 24.2 Å². The Kier molecular flexibility index (Phi) is 8.21. The second-order valence-corrected chi connectivity index (χ2v) is 9.46. The van der Waals surface area contributed by atoms with E-state index >= 15 is 0 Å². The maximum absolute atomic E-state index is 13.6. The first-order chi connectivity index (χ1) is 17.8. The number of hydrogen-bond donors (Lipinski definition) is 3. The number of carboxylic acids is 1. The molecule has 1 heterocycles. The van der Waals surface area contributed by atoms with Crippen LogP contribution < -0.4 is 10.1 Å². The Morgan fingerprint density at radius 2 is 1.73 bits per heavy atom. The molecular formula is C29H30FNO6. The van der Waals surface area contributed by atoms with Crippen molar-refractivity contribution in [1.29, 1.82) is 0 Å². The summed E-state index contributed by atoms with van der Waals surface area (Å²) in [5.41, 5.74) is 2.55. The summed E-state index contributed by atoms with van der Waals surface area (Å²) < 4.78 is 25.8. The smallest absolute Gasteiger partial charge is 0.341 e. The highest BCUT2D eigenvalue weighted by molar-refractivity contribution is 5.77. The van der Waals surface area contributed by atoms with Gasteiger partial charge in [-0.2, -0.15) is 0 Å². The van der Waals surface area contributed by atoms with Gasteiger partial charge in [0.05, 0.1) is 18.8 Å². The largest absolute Gasteiger partial charge is 0.482 e. The van der Waals surface area contributed by atoms with Crippen LogP contribution in [0.2, 0.25) is 0 Å². The van der Waals surface area contributed by atoms with Crippen molar-refractivity contribution in [1.82, 2.24) is 5.32 Å². The van der Waals surface area contributed by atoms with Crippen molar-refractivity contribution < 1.29 is 33.7 Å². The number of ether oxygens (including phenoxy) is 2. The number of benzene rings is 3. The molecule has 3 aromatic carbocycles. The molecule has 8 heteroatoms. The molecule has 3 aromatic rings. The Labute approximate surface area is 214 Å². The zero-order valence-corrected chi connectivity index (χ0v) is 20.5. The van der Waals surface area contributed by atoms with Crippen LogP contribution in [0.5, 0.6) is 5.75 Å². The summed E-state index contributed by atoms with van der Waals surface area (Å²) in [7, 11) is 0. The van der Waals surface area contributed by atoms with Crippen LogP contribution in [-0.4, -0.2) is 40.8 Å². The number of aliphatic hydroxyl groups is 1. The highest BCUT2D eigenvalue weighted by Crippen LogP contribution is 2.46. The molecule has 0 radical (unpaired) electrons. The summed E-state index contributed by atoms with van der Waals surface area (Å²) in [4.78, 5) is 23.7. The Morgan fingerprint density at radius 3 is 2.41 bits per heavy atom. The van der Waals surface area contributed by atoms with Crippen molar-refractivity contribution in [2.45, 2.75) is 43.9 Å². The molecule has 1 saturated heterocycles. The monoisotopic (exact) mass is 507 g/mol. The van der Waals surface area contributed by atoms with Crippen molar-refractivity contribution in [3.05, 3.63) is 89.7 Å². The molecule has 0 spiro atoms. The summed E-state index contributed by atoms with van der Waals surface area (Å²) in [6.07, 6.45) is -0.277. The second-order valence-electron chi connectivity index (χ2n) is 9.46.